The Hall–Kier alpha value is -3.39. The van der Waals surface area contributed by atoms with Gasteiger partial charge in [-0.2, -0.15) is 0 Å². The number of carboxylic acids is 1. The molecule has 8 nitrogen and oxygen atoms in total. The van der Waals surface area contributed by atoms with E-state index in [1.54, 1.807) is 20.8 Å². The lowest BCUT2D eigenvalue weighted by atomic mass is 9.84. The van der Waals surface area contributed by atoms with E-state index in [1.807, 2.05) is 36.4 Å². The number of benzene rings is 2. The number of carbonyl (C=O) groups excluding carboxylic acids is 2. The van der Waals surface area contributed by atoms with Crippen molar-refractivity contribution in [2.24, 2.45) is 5.41 Å². The van der Waals surface area contributed by atoms with Gasteiger partial charge in [0, 0.05) is 32.0 Å². The molecule has 4 rings (SSSR count). The Bertz CT molecular complexity index is 1070. The first-order valence-electron chi connectivity index (χ1n) is 11.9. The average Bonchev–Trinajstić information content (AvgIpc) is 3.14. The fourth-order valence-corrected chi connectivity index (χ4v) is 4.85. The summed E-state index contributed by atoms with van der Waals surface area (Å²) in [7, 11) is 0. The molecule has 1 fully saturated rings. The van der Waals surface area contributed by atoms with Crippen molar-refractivity contribution in [3.05, 3.63) is 59.7 Å². The zero-order valence-electron chi connectivity index (χ0n) is 20.3. The highest BCUT2D eigenvalue weighted by Crippen LogP contribution is 2.44. The molecule has 8 heteroatoms. The molecule has 1 saturated heterocycles. The summed E-state index contributed by atoms with van der Waals surface area (Å²) in [5.41, 5.74) is 2.34. The normalized spacial score (nSPS) is 17.6. The second-order valence-electron chi connectivity index (χ2n) is 10.3. The van der Waals surface area contributed by atoms with E-state index in [0.717, 1.165) is 22.3 Å². The first kappa shape index (κ1) is 24.7. The molecular formula is C27H32N2O6. The van der Waals surface area contributed by atoms with Crippen LogP contribution >= 0.6 is 0 Å². The Morgan fingerprint density at radius 3 is 2.09 bits per heavy atom. The van der Waals surface area contributed by atoms with E-state index in [1.165, 1.54) is 0 Å². The van der Waals surface area contributed by atoms with Gasteiger partial charge in [0.05, 0.1) is 0 Å². The van der Waals surface area contributed by atoms with Gasteiger partial charge in [0.1, 0.15) is 18.2 Å². The quantitative estimate of drug-likeness (QED) is 0.581. The van der Waals surface area contributed by atoms with Crippen molar-refractivity contribution in [1.29, 1.82) is 0 Å². The lowest BCUT2D eigenvalue weighted by Gasteiger charge is -2.37. The van der Waals surface area contributed by atoms with E-state index in [-0.39, 0.29) is 38.6 Å². The van der Waals surface area contributed by atoms with Crippen LogP contribution in [0.2, 0.25) is 0 Å². The molecule has 3 N–H and O–H groups in total. The van der Waals surface area contributed by atoms with Crippen LogP contribution in [-0.4, -0.2) is 54.5 Å². The molecule has 0 spiro atoms. The summed E-state index contributed by atoms with van der Waals surface area (Å²) in [5.74, 6) is -1.77. The van der Waals surface area contributed by atoms with Crippen LogP contribution in [0.1, 0.15) is 50.7 Å². The minimum absolute atomic E-state index is 0.104. The minimum Gasteiger partial charge on any atom is -0.480 e. The van der Waals surface area contributed by atoms with Crippen molar-refractivity contribution < 1.29 is 29.0 Å². The molecule has 0 aromatic heterocycles. The summed E-state index contributed by atoms with van der Waals surface area (Å²) in [6.45, 7) is 6.02. The van der Waals surface area contributed by atoms with Gasteiger partial charge in [-0.15, -0.1) is 0 Å². The molecule has 0 bridgehead atoms. The van der Waals surface area contributed by atoms with E-state index in [9.17, 15) is 19.5 Å². The van der Waals surface area contributed by atoms with E-state index in [0.29, 0.717) is 0 Å². The van der Waals surface area contributed by atoms with Crippen LogP contribution in [0, 0.1) is 5.41 Å². The topological polar surface area (TPSA) is 114 Å². The highest BCUT2D eigenvalue weighted by atomic mass is 16.5. The third kappa shape index (κ3) is 5.03. The largest absolute Gasteiger partial charge is 0.480 e. The van der Waals surface area contributed by atoms with Gasteiger partial charge in [0.2, 0.25) is 5.91 Å². The van der Waals surface area contributed by atoms with Crippen LogP contribution < -0.4 is 10.6 Å². The first-order valence-corrected chi connectivity index (χ1v) is 11.9. The molecule has 2 aromatic rings. The highest BCUT2D eigenvalue weighted by Gasteiger charge is 2.45. The summed E-state index contributed by atoms with van der Waals surface area (Å²) in [6, 6.07) is 15.1. The monoisotopic (exact) mass is 480 g/mol. The SMILES string of the molecule is CC(C)(C)[C@@H](NC(=O)OCC1c2ccccc2-c2ccccc21)C(=O)NC1(C(=O)O)CCOCC1. The third-order valence-electron chi connectivity index (χ3n) is 6.85. The number of carbonyl (C=O) groups is 3. The molecule has 0 saturated carbocycles. The summed E-state index contributed by atoms with van der Waals surface area (Å²) in [4.78, 5) is 38.0. The number of fused-ring (bicyclic) bond motifs is 3. The van der Waals surface area contributed by atoms with Crippen LogP contribution in [0.4, 0.5) is 4.79 Å². The Morgan fingerprint density at radius 1 is 1.03 bits per heavy atom. The number of nitrogens with one attached hydrogen (secondary N) is 2. The van der Waals surface area contributed by atoms with Crippen molar-refractivity contribution in [2.75, 3.05) is 19.8 Å². The second kappa shape index (κ2) is 9.70. The Kier molecular flexibility index (Phi) is 6.85. The predicted molar refractivity (Wildman–Crippen MR) is 130 cm³/mol. The molecular weight excluding hydrogens is 448 g/mol. The smallest absolute Gasteiger partial charge is 0.407 e. The fraction of sp³-hybridized carbons (Fsp3) is 0.444. The van der Waals surface area contributed by atoms with Gasteiger partial charge in [0.15, 0.2) is 0 Å². The molecule has 35 heavy (non-hydrogen) atoms. The van der Waals surface area contributed by atoms with E-state index >= 15 is 0 Å². The Balaban J connectivity index is 1.45. The molecule has 186 valence electrons. The van der Waals surface area contributed by atoms with E-state index in [2.05, 4.69) is 22.8 Å². The zero-order chi connectivity index (χ0) is 25.2. The molecule has 2 amide bonds. The van der Waals surface area contributed by atoms with Crippen molar-refractivity contribution in [3.63, 3.8) is 0 Å². The summed E-state index contributed by atoms with van der Waals surface area (Å²) >= 11 is 0. The van der Waals surface area contributed by atoms with Crippen molar-refractivity contribution >= 4 is 18.0 Å². The third-order valence-corrected chi connectivity index (χ3v) is 6.85. The maximum atomic E-state index is 13.2. The molecule has 0 unspecified atom stereocenters. The second-order valence-corrected chi connectivity index (χ2v) is 10.3. The molecule has 0 radical (unpaired) electrons. The van der Waals surface area contributed by atoms with Crippen LogP contribution in [0.25, 0.3) is 11.1 Å². The Labute approximate surface area is 205 Å². The van der Waals surface area contributed by atoms with Crippen LogP contribution in [-0.2, 0) is 19.1 Å². The number of alkyl carbamates (subject to hydrolysis) is 1. The zero-order valence-corrected chi connectivity index (χ0v) is 20.3. The highest BCUT2D eigenvalue weighted by molar-refractivity contribution is 5.92. The number of ether oxygens (including phenoxy) is 2. The number of carboxylic acid groups (broad SMARTS) is 1. The molecule has 2 aromatic carbocycles. The minimum atomic E-state index is -1.41. The van der Waals surface area contributed by atoms with E-state index < -0.39 is 35.0 Å². The molecule has 1 atom stereocenters. The lowest BCUT2D eigenvalue weighted by Crippen LogP contribution is -2.63. The van der Waals surface area contributed by atoms with Gasteiger partial charge in [-0.25, -0.2) is 9.59 Å². The van der Waals surface area contributed by atoms with Crippen LogP contribution in [0.5, 0.6) is 0 Å². The molecule has 1 aliphatic carbocycles. The number of amides is 2. The van der Waals surface area contributed by atoms with Crippen molar-refractivity contribution in [3.8, 4) is 11.1 Å². The van der Waals surface area contributed by atoms with Crippen molar-refractivity contribution in [1.82, 2.24) is 10.6 Å². The van der Waals surface area contributed by atoms with Gasteiger partial charge >= 0.3 is 12.1 Å². The fourth-order valence-electron chi connectivity index (χ4n) is 4.85. The van der Waals surface area contributed by atoms with E-state index in [4.69, 9.17) is 9.47 Å². The number of hydrogen-bond donors (Lipinski definition) is 3. The average molecular weight is 481 g/mol. The summed E-state index contributed by atoms with van der Waals surface area (Å²) in [6.07, 6.45) is -0.399. The van der Waals surface area contributed by atoms with Gasteiger partial charge < -0.3 is 25.2 Å². The van der Waals surface area contributed by atoms with Gasteiger partial charge in [0.25, 0.3) is 0 Å². The lowest BCUT2D eigenvalue weighted by molar-refractivity contribution is -0.152. The number of rotatable bonds is 6. The summed E-state index contributed by atoms with van der Waals surface area (Å²) in [5, 5.41) is 15.1. The first-order chi connectivity index (χ1) is 16.6. The number of aliphatic carboxylic acids is 1. The molecule has 1 heterocycles. The van der Waals surface area contributed by atoms with Gasteiger partial charge in [-0.05, 0) is 27.7 Å². The molecule has 2 aliphatic rings. The van der Waals surface area contributed by atoms with Gasteiger partial charge in [-0.1, -0.05) is 69.3 Å². The maximum absolute atomic E-state index is 13.2. The van der Waals surface area contributed by atoms with Crippen molar-refractivity contribution in [2.45, 2.75) is 51.1 Å². The standard InChI is InChI=1S/C27H32N2O6/c1-26(2,3)22(23(30)29-27(24(31)32)12-14-34-15-13-27)28-25(33)35-16-21-19-10-6-4-8-17(19)18-9-5-7-11-20(18)21/h4-11,21-22H,12-16H2,1-3H3,(H,28,33)(H,29,30)(H,31,32)/t22-/m0/s1. The van der Waals surface area contributed by atoms with Crippen LogP contribution in [0.15, 0.2) is 48.5 Å². The number of hydrogen-bond acceptors (Lipinski definition) is 5. The Morgan fingerprint density at radius 2 is 1.57 bits per heavy atom. The van der Waals surface area contributed by atoms with Gasteiger partial charge in [-0.3, -0.25) is 4.79 Å². The van der Waals surface area contributed by atoms with Crippen LogP contribution in [0.3, 0.4) is 0 Å². The summed E-state index contributed by atoms with van der Waals surface area (Å²) < 4.78 is 10.9. The maximum Gasteiger partial charge on any atom is 0.407 e. The molecule has 1 aliphatic heterocycles. The predicted octanol–water partition coefficient (Wildman–Crippen LogP) is 3.69.